The van der Waals surface area contributed by atoms with Crippen LogP contribution in [0.4, 0.5) is 30.7 Å². The van der Waals surface area contributed by atoms with Crippen LogP contribution in [0.3, 0.4) is 0 Å². The van der Waals surface area contributed by atoms with Gasteiger partial charge in [-0.25, -0.2) is 63.8 Å². The second kappa shape index (κ2) is 22.9. The predicted octanol–water partition coefficient (Wildman–Crippen LogP) is 9.71. The lowest BCUT2D eigenvalue weighted by Crippen LogP contribution is -2.37. The second-order valence-corrected chi connectivity index (χ2v) is 25.1. The highest BCUT2D eigenvalue weighted by atomic mass is 32.2. The molecule has 18 nitrogen and oxygen atoms in total. The predicted molar refractivity (Wildman–Crippen MR) is 300 cm³/mol. The van der Waals surface area contributed by atoms with E-state index in [2.05, 4.69) is 24.5 Å². The molecule has 8 aromatic rings. The number of thiazole rings is 2. The lowest BCUT2D eigenvalue weighted by Gasteiger charge is -2.30. The third kappa shape index (κ3) is 11.6. The molecule has 2 aromatic carbocycles. The van der Waals surface area contributed by atoms with Crippen LogP contribution in [-0.4, -0.2) is 133 Å². The Morgan fingerprint density at radius 2 is 0.923 bits per heavy atom. The van der Waals surface area contributed by atoms with E-state index in [1.807, 2.05) is 58.7 Å². The molecule has 10 rings (SSSR count). The van der Waals surface area contributed by atoms with Crippen LogP contribution >= 0.6 is 22.7 Å². The summed E-state index contributed by atoms with van der Waals surface area (Å²) < 4.78 is 92.1. The number of carbonyl (C=O) groups excluding carboxylic acids is 2. The number of methoxy groups -OCH3 is 2. The Labute approximate surface area is 460 Å². The van der Waals surface area contributed by atoms with Crippen molar-refractivity contribution in [3.8, 4) is 22.5 Å². The Morgan fingerprint density at radius 3 is 1.23 bits per heavy atom. The van der Waals surface area contributed by atoms with Gasteiger partial charge >= 0.3 is 11.9 Å². The Bertz CT molecular complexity index is 3490. The molecule has 0 bridgehead atoms. The standard InChI is InChI=1S/2C27H30FN5O4S2/c2*1-5-21-25(31(2)27-30-23(24(38-27)26(34)37-3)18-6-9-20(28)10-7-18)33-16-19(8-11-22(33)29-21)17-12-14-32(15-13-17)39(4,35)36/h2*6-11,16-17H,5,12-15H2,1-4H3. The molecule has 8 heterocycles. The van der Waals surface area contributed by atoms with E-state index in [4.69, 9.17) is 29.4 Å². The molecule has 412 valence electrons. The lowest BCUT2D eigenvalue weighted by molar-refractivity contribution is 0.0598. The number of aromatic nitrogens is 6. The molecule has 2 saturated heterocycles. The molecule has 0 aliphatic carbocycles. The number of hydrogen-bond acceptors (Lipinski definition) is 16. The van der Waals surface area contributed by atoms with E-state index in [0.717, 1.165) is 71.1 Å². The van der Waals surface area contributed by atoms with E-state index < -0.39 is 32.0 Å². The van der Waals surface area contributed by atoms with Crippen LogP contribution in [0.25, 0.3) is 33.8 Å². The molecule has 0 N–H and O–H groups in total. The van der Waals surface area contributed by atoms with Crippen LogP contribution in [0.1, 0.15) is 93.2 Å². The molecule has 0 unspecified atom stereocenters. The fourth-order valence-electron chi connectivity index (χ4n) is 10.1. The number of benzene rings is 2. The molecule has 2 aliphatic rings. The fourth-order valence-corrected chi connectivity index (χ4v) is 13.7. The zero-order valence-corrected chi connectivity index (χ0v) is 47.7. The van der Waals surface area contributed by atoms with Crippen LogP contribution < -0.4 is 9.80 Å². The van der Waals surface area contributed by atoms with Gasteiger partial charge in [0.05, 0.1) is 49.5 Å². The molecule has 0 radical (unpaired) electrons. The molecule has 78 heavy (non-hydrogen) atoms. The number of piperidine rings is 2. The Morgan fingerprint density at radius 1 is 0.577 bits per heavy atom. The van der Waals surface area contributed by atoms with Crippen LogP contribution in [-0.2, 0) is 42.4 Å². The lowest BCUT2D eigenvalue weighted by atomic mass is 9.91. The van der Waals surface area contributed by atoms with Crippen molar-refractivity contribution in [2.24, 2.45) is 0 Å². The molecule has 0 atom stereocenters. The first-order valence-electron chi connectivity index (χ1n) is 25.3. The number of halogens is 2. The number of aryl methyl sites for hydroxylation is 2. The summed E-state index contributed by atoms with van der Waals surface area (Å²) in [5, 5.41) is 1.14. The number of carbonyl (C=O) groups is 2. The summed E-state index contributed by atoms with van der Waals surface area (Å²) in [6, 6.07) is 19.8. The zero-order valence-electron chi connectivity index (χ0n) is 44.4. The van der Waals surface area contributed by atoms with Gasteiger partial charge in [-0.3, -0.25) is 8.80 Å². The van der Waals surface area contributed by atoms with Crippen molar-refractivity contribution in [1.29, 1.82) is 0 Å². The minimum absolute atomic E-state index is 0.230. The van der Waals surface area contributed by atoms with Gasteiger partial charge in [-0.05, 0) is 122 Å². The smallest absolute Gasteiger partial charge is 0.350 e. The van der Waals surface area contributed by atoms with Crippen LogP contribution in [0.15, 0.2) is 85.2 Å². The highest BCUT2D eigenvalue weighted by molar-refractivity contribution is 7.88. The quantitative estimate of drug-likeness (QED) is 0.0934. The number of pyridine rings is 2. The fraction of sp³-hybridized carbons (Fsp3) is 0.370. The van der Waals surface area contributed by atoms with Crippen LogP contribution in [0.5, 0.6) is 0 Å². The number of imidazole rings is 2. The summed E-state index contributed by atoms with van der Waals surface area (Å²) in [4.78, 5) is 49.0. The summed E-state index contributed by atoms with van der Waals surface area (Å²) in [5.74, 6) is 0.357. The van der Waals surface area contributed by atoms with E-state index in [1.54, 1.807) is 24.3 Å². The van der Waals surface area contributed by atoms with Crippen molar-refractivity contribution in [3.63, 3.8) is 0 Å². The molecular weight excluding hydrogens is 1080 g/mol. The topological polar surface area (TPSA) is 194 Å². The van der Waals surface area contributed by atoms with Crippen LogP contribution in [0, 0.1) is 11.6 Å². The number of hydrogen-bond donors (Lipinski definition) is 0. The van der Waals surface area contributed by atoms with Gasteiger partial charge in [-0.15, -0.1) is 0 Å². The number of anilines is 4. The van der Waals surface area contributed by atoms with Crippen molar-refractivity contribution in [1.82, 2.24) is 37.3 Å². The van der Waals surface area contributed by atoms with Crippen molar-refractivity contribution in [2.45, 2.75) is 64.2 Å². The van der Waals surface area contributed by atoms with Crippen molar-refractivity contribution in [3.05, 3.63) is 129 Å². The number of nitrogens with zero attached hydrogens (tertiary/aromatic N) is 10. The summed E-state index contributed by atoms with van der Waals surface area (Å²) in [5.41, 5.74) is 7.65. The van der Waals surface area contributed by atoms with E-state index in [9.17, 15) is 35.2 Å². The summed E-state index contributed by atoms with van der Waals surface area (Å²) >= 11 is 2.41. The van der Waals surface area contributed by atoms with Crippen molar-refractivity contribution < 1.29 is 44.7 Å². The minimum atomic E-state index is -3.19. The summed E-state index contributed by atoms with van der Waals surface area (Å²) in [7, 11) is 0.0229. The molecule has 0 amide bonds. The van der Waals surface area contributed by atoms with Crippen LogP contribution in [0.2, 0.25) is 0 Å². The van der Waals surface area contributed by atoms with Crippen molar-refractivity contribution >= 4 is 87.9 Å². The van der Waals surface area contributed by atoms with Gasteiger partial charge in [0.1, 0.15) is 44.3 Å². The molecule has 0 spiro atoms. The number of ether oxygens (including phenoxy) is 2. The maximum atomic E-state index is 13.6. The van der Waals surface area contributed by atoms with Gasteiger partial charge < -0.3 is 19.3 Å². The zero-order chi connectivity index (χ0) is 55.8. The van der Waals surface area contributed by atoms with Gasteiger partial charge in [0.25, 0.3) is 0 Å². The maximum Gasteiger partial charge on any atom is 0.350 e. The molecule has 24 heteroatoms. The van der Waals surface area contributed by atoms with E-state index >= 15 is 0 Å². The Balaban J connectivity index is 0.000000190. The Kier molecular flexibility index (Phi) is 16.5. The average Bonchev–Trinajstić information content (AvgIpc) is 4.29. The monoisotopic (exact) mass is 1140 g/mol. The number of sulfonamides is 2. The first kappa shape index (κ1) is 56.0. The minimum Gasteiger partial charge on any atom is -0.465 e. The first-order valence-corrected chi connectivity index (χ1v) is 30.6. The van der Waals surface area contributed by atoms with Gasteiger partial charge in [0, 0.05) is 63.8 Å². The molecule has 2 aliphatic heterocycles. The molecule has 2 fully saturated rings. The highest BCUT2D eigenvalue weighted by Crippen LogP contribution is 2.41. The highest BCUT2D eigenvalue weighted by Gasteiger charge is 2.31. The molecule has 6 aromatic heterocycles. The van der Waals surface area contributed by atoms with E-state index in [1.165, 1.54) is 82.3 Å². The van der Waals surface area contributed by atoms with E-state index in [-0.39, 0.29) is 23.5 Å². The first-order chi connectivity index (χ1) is 37.2. The third-order valence-corrected chi connectivity index (χ3v) is 19.1. The number of esters is 2. The van der Waals surface area contributed by atoms with Gasteiger partial charge in [-0.2, -0.15) is 0 Å². The van der Waals surface area contributed by atoms with Crippen molar-refractivity contribution in [2.75, 3.05) is 76.8 Å². The maximum absolute atomic E-state index is 13.6. The molecular formula is C54H60F2N10O8S4. The SMILES string of the molecule is CCc1nc2ccc(C3CCN(S(C)(=O)=O)CC3)cn2c1N(C)c1nc(-c2ccc(F)cc2)c(C(=O)OC)s1.CCc1nc2ccc(C3CCN(S(C)(=O)=O)CC3)cn2c1N(C)c1nc(-c2ccc(F)cc2)c(C(=O)OC)s1. The normalized spacial score (nSPS) is 15.1. The summed E-state index contributed by atoms with van der Waals surface area (Å²) in [6.45, 7) is 6.07. The Hall–Kier alpha value is -6.70. The molecule has 0 saturated carbocycles. The number of fused-ring (bicyclic) bond motifs is 2. The summed E-state index contributed by atoms with van der Waals surface area (Å²) in [6.07, 6.45) is 11.0. The van der Waals surface area contributed by atoms with Gasteiger partial charge in [0.2, 0.25) is 20.0 Å². The van der Waals surface area contributed by atoms with E-state index in [0.29, 0.717) is 81.6 Å². The number of rotatable bonds is 14. The largest absolute Gasteiger partial charge is 0.465 e. The van der Waals surface area contributed by atoms with Gasteiger partial charge in [0.15, 0.2) is 10.3 Å². The second-order valence-electron chi connectivity index (χ2n) is 19.2. The average molecular weight is 1140 g/mol. The third-order valence-electron chi connectivity index (χ3n) is 14.2. The van der Waals surface area contributed by atoms with Gasteiger partial charge in [-0.1, -0.05) is 48.7 Å².